The Morgan fingerprint density at radius 1 is 1.38 bits per heavy atom. The summed E-state index contributed by atoms with van der Waals surface area (Å²) in [6.45, 7) is 3.71. The molecule has 0 heterocycles. The van der Waals surface area contributed by atoms with Crippen LogP contribution in [-0.4, -0.2) is 20.0 Å². The lowest BCUT2D eigenvalue weighted by Crippen LogP contribution is -2.18. The van der Waals surface area contributed by atoms with E-state index in [1.165, 1.54) is 0 Å². The number of hydrogen-bond acceptors (Lipinski definition) is 3. The van der Waals surface area contributed by atoms with E-state index in [1.807, 2.05) is 45.0 Å². The molecule has 1 aromatic rings. The van der Waals surface area contributed by atoms with Crippen LogP contribution in [-0.2, 0) is 4.79 Å². The Kier molecular flexibility index (Phi) is 3.77. The Balaban J connectivity index is 2.85. The number of carbonyl (C=O) groups is 1. The molecule has 1 rings (SSSR count). The first-order chi connectivity index (χ1) is 7.41. The third-order valence-corrected chi connectivity index (χ3v) is 2.30. The van der Waals surface area contributed by atoms with E-state index in [-0.39, 0.29) is 11.8 Å². The van der Waals surface area contributed by atoms with Crippen LogP contribution in [0, 0.1) is 5.92 Å². The summed E-state index contributed by atoms with van der Waals surface area (Å²) in [5.41, 5.74) is 8.22. The van der Waals surface area contributed by atoms with Crippen molar-refractivity contribution in [3.8, 4) is 0 Å². The SMILES string of the molecule is CC(C)C(=O)Nc1ccc(N(C)C)c(N)c1. The van der Waals surface area contributed by atoms with Crippen molar-refractivity contribution >= 4 is 23.0 Å². The van der Waals surface area contributed by atoms with Crippen molar-refractivity contribution < 1.29 is 4.79 Å². The monoisotopic (exact) mass is 221 g/mol. The standard InChI is InChI=1S/C12H19N3O/c1-8(2)12(16)14-9-5-6-11(15(3)4)10(13)7-9/h5-8H,13H2,1-4H3,(H,14,16). The summed E-state index contributed by atoms with van der Waals surface area (Å²) >= 11 is 0. The van der Waals surface area contributed by atoms with Gasteiger partial charge in [0.15, 0.2) is 0 Å². The molecule has 0 aromatic heterocycles. The zero-order chi connectivity index (χ0) is 12.3. The van der Waals surface area contributed by atoms with Gasteiger partial charge in [-0.15, -0.1) is 0 Å². The zero-order valence-electron chi connectivity index (χ0n) is 10.2. The first kappa shape index (κ1) is 12.4. The summed E-state index contributed by atoms with van der Waals surface area (Å²) < 4.78 is 0. The quantitative estimate of drug-likeness (QED) is 0.767. The van der Waals surface area contributed by atoms with Gasteiger partial charge in [0, 0.05) is 25.7 Å². The molecule has 0 fully saturated rings. The Bertz CT molecular complexity index is 386. The van der Waals surface area contributed by atoms with Gasteiger partial charge in [0.05, 0.1) is 11.4 Å². The first-order valence-corrected chi connectivity index (χ1v) is 5.29. The van der Waals surface area contributed by atoms with E-state index < -0.39 is 0 Å². The molecule has 0 saturated heterocycles. The van der Waals surface area contributed by atoms with Gasteiger partial charge in [-0.25, -0.2) is 0 Å². The average molecular weight is 221 g/mol. The molecule has 0 aliphatic carbocycles. The second-order valence-corrected chi connectivity index (χ2v) is 4.31. The maximum atomic E-state index is 11.5. The van der Waals surface area contributed by atoms with Gasteiger partial charge in [-0.2, -0.15) is 0 Å². The van der Waals surface area contributed by atoms with Crippen molar-refractivity contribution in [1.29, 1.82) is 0 Å². The lowest BCUT2D eigenvalue weighted by molar-refractivity contribution is -0.118. The predicted molar refractivity (Wildman–Crippen MR) is 68.6 cm³/mol. The Labute approximate surface area is 96.4 Å². The van der Waals surface area contributed by atoms with Crippen molar-refractivity contribution in [2.24, 2.45) is 5.92 Å². The van der Waals surface area contributed by atoms with Crippen molar-refractivity contribution in [1.82, 2.24) is 0 Å². The Morgan fingerprint density at radius 2 is 2.00 bits per heavy atom. The summed E-state index contributed by atoms with van der Waals surface area (Å²) in [4.78, 5) is 13.4. The second kappa shape index (κ2) is 4.88. The summed E-state index contributed by atoms with van der Waals surface area (Å²) in [6.07, 6.45) is 0. The fourth-order valence-electron chi connectivity index (χ4n) is 1.33. The molecule has 0 unspecified atom stereocenters. The van der Waals surface area contributed by atoms with Crippen LogP contribution < -0.4 is 16.0 Å². The molecule has 0 spiro atoms. The maximum Gasteiger partial charge on any atom is 0.226 e. The van der Waals surface area contributed by atoms with Crippen LogP contribution in [0.5, 0.6) is 0 Å². The molecule has 0 radical (unpaired) electrons. The normalized spacial score (nSPS) is 10.3. The third kappa shape index (κ3) is 2.89. The lowest BCUT2D eigenvalue weighted by atomic mass is 10.2. The number of nitrogens with one attached hydrogen (secondary N) is 1. The number of amides is 1. The minimum absolute atomic E-state index is 0.00277. The number of nitrogens with zero attached hydrogens (tertiary/aromatic N) is 1. The molecule has 0 bridgehead atoms. The molecule has 0 atom stereocenters. The number of nitrogens with two attached hydrogens (primary N) is 1. The Morgan fingerprint density at radius 3 is 2.44 bits per heavy atom. The van der Waals surface area contributed by atoms with Crippen LogP contribution in [0.2, 0.25) is 0 Å². The summed E-state index contributed by atoms with van der Waals surface area (Å²) in [5.74, 6) is -0.0354. The topological polar surface area (TPSA) is 58.4 Å². The van der Waals surface area contributed by atoms with Gasteiger partial charge in [0.1, 0.15) is 0 Å². The molecular weight excluding hydrogens is 202 g/mol. The number of rotatable bonds is 3. The summed E-state index contributed by atoms with van der Waals surface area (Å²) in [6, 6.07) is 5.52. The van der Waals surface area contributed by atoms with E-state index >= 15 is 0 Å². The van der Waals surface area contributed by atoms with E-state index in [9.17, 15) is 4.79 Å². The fourth-order valence-corrected chi connectivity index (χ4v) is 1.33. The number of carbonyl (C=O) groups excluding carboxylic acids is 1. The second-order valence-electron chi connectivity index (χ2n) is 4.31. The number of nitrogen functional groups attached to an aromatic ring is 1. The minimum Gasteiger partial charge on any atom is -0.397 e. The van der Waals surface area contributed by atoms with Gasteiger partial charge in [0.2, 0.25) is 5.91 Å². The molecule has 0 aliphatic heterocycles. The minimum atomic E-state index is -0.0326. The predicted octanol–water partition coefficient (Wildman–Crippen LogP) is 1.93. The van der Waals surface area contributed by atoms with Crippen LogP contribution in [0.15, 0.2) is 18.2 Å². The highest BCUT2D eigenvalue weighted by molar-refractivity contribution is 5.93. The molecule has 16 heavy (non-hydrogen) atoms. The Hall–Kier alpha value is -1.71. The molecule has 1 amide bonds. The first-order valence-electron chi connectivity index (χ1n) is 5.29. The lowest BCUT2D eigenvalue weighted by Gasteiger charge is -2.16. The zero-order valence-corrected chi connectivity index (χ0v) is 10.2. The molecule has 0 saturated carbocycles. The van der Waals surface area contributed by atoms with E-state index in [2.05, 4.69) is 5.32 Å². The average Bonchev–Trinajstić information content (AvgIpc) is 2.16. The van der Waals surface area contributed by atoms with Gasteiger partial charge in [-0.05, 0) is 18.2 Å². The van der Waals surface area contributed by atoms with E-state index in [4.69, 9.17) is 5.73 Å². The van der Waals surface area contributed by atoms with Crippen LogP contribution in [0.3, 0.4) is 0 Å². The van der Waals surface area contributed by atoms with Crippen LogP contribution in [0.25, 0.3) is 0 Å². The van der Waals surface area contributed by atoms with Crippen LogP contribution in [0.4, 0.5) is 17.1 Å². The van der Waals surface area contributed by atoms with Gasteiger partial charge in [-0.1, -0.05) is 13.8 Å². The number of hydrogen-bond donors (Lipinski definition) is 2. The smallest absolute Gasteiger partial charge is 0.226 e. The van der Waals surface area contributed by atoms with Gasteiger partial charge >= 0.3 is 0 Å². The maximum absolute atomic E-state index is 11.5. The van der Waals surface area contributed by atoms with Gasteiger partial charge in [0.25, 0.3) is 0 Å². The summed E-state index contributed by atoms with van der Waals surface area (Å²) in [7, 11) is 3.86. The van der Waals surface area contributed by atoms with E-state index in [0.717, 1.165) is 11.4 Å². The molecular formula is C12H19N3O. The number of benzene rings is 1. The highest BCUT2D eigenvalue weighted by atomic mass is 16.1. The highest BCUT2D eigenvalue weighted by Gasteiger charge is 2.08. The van der Waals surface area contributed by atoms with Crippen molar-refractivity contribution in [3.05, 3.63) is 18.2 Å². The molecule has 1 aromatic carbocycles. The number of anilines is 3. The molecule has 4 nitrogen and oxygen atoms in total. The fraction of sp³-hybridized carbons (Fsp3) is 0.417. The summed E-state index contributed by atoms with van der Waals surface area (Å²) in [5, 5.41) is 2.81. The third-order valence-electron chi connectivity index (χ3n) is 2.30. The van der Waals surface area contributed by atoms with E-state index in [0.29, 0.717) is 5.69 Å². The van der Waals surface area contributed by atoms with Crippen molar-refractivity contribution in [2.75, 3.05) is 30.0 Å². The molecule has 4 heteroatoms. The molecule has 0 aliphatic rings. The molecule has 88 valence electrons. The van der Waals surface area contributed by atoms with Gasteiger partial charge in [-0.3, -0.25) is 4.79 Å². The van der Waals surface area contributed by atoms with Crippen LogP contribution >= 0.6 is 0 Å². The highest BCUT2D eigenvalue weighted by Crippen LogP contribution is 2.24. The molecule has 3 N–H and O–H groups in total. The van der Waals surface area contributed by atoms with E-state index in [1.54, 1.807) is 6.07 Å². The van der Waals surface area contributed by atoms with Crippen molar-refractivity contribution in [3.63, 3.8) is 0 Å². The van der Waals surface area contributed by atoms with Crippen molar-refractivity contribution in [2.45, 2.75) is 13.8 Å². The largest absolute Gasteiger partial charge is 0.397 e. The van der Waals surface area contributed by atoms with Crippen LogP contribution in [0.1, 0.15) is 13.8 Å². The van der Waals surface area contributed by atoms with Gasteiger partial charge < -0.3 is 16.0 Å².